The van der Waals surface area contributed by atoms with Gasteiger partial charge in [0, 0.05) is 17.8 Å². The Morgan fingerprint density at radius 1 is 1.29 bits per heavy atom. The maximum Gasteiger partial charge on any atom is 0.270 e. The van der Waals surface area contributed by atoms with Crippen LogP contribution in [0.15, 0.2) is 53.4 Å². The molecule has 0 spiro atoms. The number of thiocarbonyl (C=S) groups is 1. The van der Waals surface area contributed by atoms with Crippen LogP contribution in [-0.4, -0.2) is 32.5 Å². The van der Waals surface area contributed by atoms with Crippen LogP contribution >= 0.6 is 24.0 Å². The van der Waals surface area contributed by atoms with E-state index in [9.17, 15) is 19.7 Å². The number of hydrogen-bond donors (Lipinski definition) is 1. The fourth-order valence-corrected chi connectivity index (χ4v) is 3.84. The number of hydrogen-bond acceptors (Lipinski definition) is 6. The number of rotatable bonds is 5. The molecule has 28 heavy (non-hydrogen) atoms. The molecule has 2 aromatic rings. The lowest BCUT2D eigenvalue weighted by atomic mass is 10.2. The summed E-state index contributed by atoms with van der Waals surface area (Å²) in [5.41, 5.74) is 2.09. The number of nitro benzene ring substituents is 1. The zero-order chi connectivity index (χ0) is 20.3. The number of thioether (sulfide) groups is 1. The van der Waals surface area contributed by atoms with E-state index in [-0.39, 0.29) is 22.5 Å². The van der Waals surface area contributed by atoms with E-state index in [0.29, 0.717) is 16.2 Å². The van der Waals surface area contributed by atoms with Gasteiger partial charge in [-0.3, -0.25) is 24.6 Å². The van der Waals surface area contributed by atoms with Crippen LogP contribution in [0.25, 0.3) is 6.08 Å². The highest BCUT2D eigenvalue weighted by Crippen LogP contribution is 2.32. The highest BCUT2D eigenvalue weighted by Gasteiger charge is 2.33. The molecule has 0 aromatic heterocycles. The Hall–Kier alpha value is -3.04. The Bertz CT molecular complexity index is 1020. The normalized spacial score (nSPS) is 15.2. The first-order chi connectivity index (χ1) is 13.3. The predicted molar refractivity (Wildman–Crippen MR) is 113 cm³/mol. The van der Waals surface area contributed by atoms with E-state index in [0.717, 1.165) is 17.3 Å². The number of nitro groups is 1. The summed E-state index contributed by atoms with van der Waals surface area (Å²) in [6, 6.07) is 13.3. The number of benzene rings is 2. The Labute approximate surface area is 170 Å². The molecule has 2 amide bonds. The van der Waals surface area contributed by atoms with Gasteiger partial charge in [-0.15, -0.1) is 0 Å². The molecule has 1 heterocycles. The molecule has 0 aliphatic carbocycles. The number of nitrogens with zero attached hydrogens (tertiary/aromatic N) is 2. The summed E-state index contributed by atoms with van der Waals surface area (Å²) in [7, 11) is 0. The molecular formula is C19H15N3O4S2. The van der Waals surface area contributed by atoms with E-state index in [1.807, 2.05) is 25.1 Å². The van der Waals surface area contributed by atoms with Gasteiger partial charge in [-0.2, -0.15) is 0 Å². The van der Waals surface area contributed by atoms with Gasteiger partial charge in [0.25, 0.3) is 11.6 Å². The maximum atomic E-state index is 12.6. The first-order valence-corrected chi connectivity index (χ1v) is 9.42. The summed E-state index contributed by atoms with van der Waals surface area (Å²) in [5.74, 6) is -0.764. The smallest absolute Gasteiger partial charge is 0.270 e. The van der Waals surface area contributed by atoms with E-state index in [1.165, 1.54) is 23.1 Å². The van der Waals surface area contributed by atoms with Crippen molar-refractivity contribution in [3.63, 3.8) is 0 Å². The summed E-state index contributed by atoms with van der Waals surface area (Å²) >= 11 is 6.28. The molecule has 9 heteroatoms. The largest absolute Gasteiger partial charge is 0.325 e. The predicted octanol–water partition coefficient (Wildman–Crippen LogP) is 3.74. The van der Waals surface area contributed by atoms with Gasteiger partial charge in [-0.1, -0.05) is 48.2 Å². The van der Waals surface area contributed by atoms with Crippen LogP contribution in [0.1, 0.15) is 11.1 Å². The Morgan fingerprint density at radius 3 is 2.75 bits per heavy atom. The first kappa shape index (κ1) is 19.7. The second kappa shape index (κ2) is 8.32. The van der Waals surface area contributed by atoms with Crippen molar-refractivity contribution in [1.82, 2.24) is 4.90 Å². The Kier molecular flexibility index (Phi) is 5.86. The van der Waals surface area contributed by atoms with Gasteiger partial charge in [-0.05, 0) is 36.3 Å². The minimum atomic E-state index is -0.502. The second-order valence-electron chi connectivity index (χ2n) is 6.04. The average molecular weight is 413 g/mol. The van der Waals surface area contributed by atoms with Gasteiger partial charge in [-0.25, -0.2) is 0 Å². The van der Waals surface area contributed by atoms with E-state index < -0.39 is 10.8 Å². The van der Waals surface area contributed by atoms with Crippen molar-refractivity contribution in [3.8, 4) is 0 Å². The van der Waals surface area contributed by atoms with Crippen molar-refractivity contribution in [2.24, 2.45) is 0 Å². The standard InChI is InChI=1S/C19H15N3O4S2/c1-12-4-2-6-14(8-12)20-17(23)11-21-18(24)16(28-19(21)27)10-13-5-3-7-15(9-13)22(25)26/h2-10H,11H2,1H3,(H,20,23)/b16-10-. The highest BCUT2D eigenvalue weighted by molar-refractivity contribution is 8.26. The fourth-order valence-electron chi connectivity index (χ4n) is 2.58. The monoisotopic (exact) mass is 413 g/mol. The van der Waals surface area contributed by atoms with Crippen LogP contribution in [-0.2, 0) is 9.59 Å². The van der Waals surface area contributed by atoms with E-state index in [4.69, 9.17) is 12.2 Å². The molecule has 0 saturated carbocycles. The lowest BCUT2D eigenvalue weighted by molar-refractivity contribution is -0.384. The van der Waals surface area contributed by atoms with E-state index in [2.05, 4.69) is 5.32 Å². The fraction of sp³-hybridized carbons (Fsp3) is 0.105. The molecule has 0 radical (unpaired) electrons. The Morgan fingerprint density at radius 2 is 2.04 bits per heavy atom. The molecule has 1 fully saturated rings. The van der Waals surface area contributed by atoms with Crippen molar-refractivity contribution in [2.75, 3.05) is 11.9 Å². The topological polar surface area (TPSA) is 92.6 Å². The first-order valence-electron chi connectivity index (χ1n) is 8.20. The second-order valence-corrected chi connectivity index (χ2v) is 7.71. The third-order valence-corrected chi connectivity index (χ3v) is 5.23. The van der Waals surface area contributed by atoms with Crippen LogP contribution in [0.4, 0.5) is 11.4 Å². The van der Waals surface area contributed by atoms with Crippen molar-refractivity contribution in [1.29, 1.82) is 0 Å². The van der Waals surface area contributed by atoms with Gasteiger partial charge in [0.2, 0.25) is 5.91 Å². The van der Waals surface area contributed by atoms with Crippen molar-refractivity contribution in [2.45, 2.75) is 6.92 Å². The molecule has 0 unspecified atom stereocenters. The van der Waals surface area contributed by atoms with Gasteiger partial charge < -0.3 is 5.32 Å². The molecule has 1 N–H and O–H groups in total. The molecule has 2 aromatic carbocycles. The minimum absolute atomic E-state index is 0.0678. The Balaban J connectivity index is 1.72. The number of nitrogens with one attached hydrogen (secondary N) is 1. The average Bonchev–Trinajstić information content (AvgIpc) is 2.89. The summed E-state index contributed by atoms with van der Waals surface area (Å²) in [6.45, 7) is 1.71. The van der Waals surface area contributed by atoms with Crippen molar-refractivity contribution < 1.29 is 14.5 Å². The van der Waals surface area contributed by atoms with E-state index >= 15 is 0 Å². The number of non-ortho nitro benzene ring substituents is 1. The highest BCUT2D eigenvalue weighted by atomic mass is 32.2. The summed E-state index contributed by atoms with van der Waals surface area (Å²) in [4.78, 5) is 36.8. The third kappa shape index (κ3) is 4.62. The number of anilines is 1. The van der Waals surface area contributed by atoms with Crippen LogP contribution < -0.4 is 5.32 Å². The van der Waals surface area contributed by atoms with Gasteiger partial charge >= 0.3 is 0 Å². The molecule has 1 saturated heterocycles. The van der Waals surface area contributed by atoms with Gasteiger partial charge in [0.1, 0.15) is 10.9 Å². The molecule has 1 aliphatic rings. The van der Waals surface area contributed by atoms with Crippen LogP contribution in [0, 0.1) is 17.0 Å². The summed E-state index contributed by atoms with van der Waals surface area (Å²) < 4.78 is 0.265. The maximum absolute atomic E-state index is 12.6. The van der Waals surface area contributed by atoms with Crippen LogP contribution in [0.2, 0.25) is 0 Å². The quantitative estimate of drug-likeness (QED) is 0.347. The zero-order valence-electron chi connectivity index (χ0n) is 14.7. The number of carbonyl (C=O) groups excluding carboxylic acids is 2. The van der Waals surface area contributed by atoms with Crippen molar-refractivity contribution >= 4 is 57.6 Å². The minimum Gasteiger partial charge on any atom is -0.325 e. The van der Waals surface area contributed by atoms with Crippen molar-refractivity contribution in [3.05, 3.63) is 74.7 Å². The van der Waals surface area contributed by atoms with Gasteiger partial charge in [0.05, 0.1) is 9.83 Å². The van der Waals surface area contributed by atoms with Crippen LogP contribution in [0.3, 0.4) is 0 Å². The number of amides is 2. The summed E-state index contributed by atoms with van der Waals surface area (Å²) in [6.07, 6.45) is 1.53. The SMILES string of the molecule is Cc1cccc(NC(=O)CN2C(=O)/C(=C/c3cccc([N+](=O)[O-])c3)SC2=S)c1. The van der Waals surface area contributed by atoms with Gasteiger partial charge in [0.15, 0.2) is 0 Å². The molecular weight excluding hydrogens is 398 g/mol. The molecule has 142 valence electrons. The molecule has 0 bridgehead atoms. The third-order valence-electron chi connectivity index (χ3n) is 3.86. The summed E-state index contributed by atoms with van der Waals surface area (Å²) in [5, 5.41) is 13.6. The molecule has 7 nitrogen and oxygen atoms in total. The van der Waals surface area contributed by atoms with E-state index in [1.54, 1.807) is 18.2 Å². The molecule has 3 rings (SSSR count). The molecule has 1 aliphatic heterocycles. The lowest BCUT2D eigenvalue weighted by Crippen LogP contribution is -2.36. The number of aryl methyl sites for hydroxylation is 1. The lowest BCUT2D eigenvalue weighted by Gasteiger charge is -2.14. The molecule has 0 atom stereocenters. The van der Waals surface area contributed by atoms with Crippen LogP contribution in [0.5, 0.6) is 0 Å². The zero-order valence-corrected chi connectivity index (χ0v) is 16.4. The number of carbonyl (C=O) groups is 2.